The van der Waals surface area contributed by atoms with E-state index < -0.39 is 23.5 Å². The number of Topliss-reactive ketones (excluding diaryl/α,β-unsaturated/α-hetero) is 1. The first-order valence-electron chi connectivity index (χ1n) is 8.81. The number of nitrogens with zero attached hydrogens (tertiary/aromatic N) is 2. The van der Waals surface area contributed by atoms with E-state index in [1.165, 1.54) is 9.80 Å². The van der Waals surface area contributed by atoms with E-state index >= 15 is 0 Å². The fourth-order valence-electron chi connectivity index (χ4n) is 3.46. The summed E-state index contributed by atoms with van der Waals surface area (Å²) in [6.45, 7) is 4.17. The van der Waals surface area contributed by atoms with E-state index in [0.717, 1.165) is 5.56 Å². The summed E-state index contributed by atoms with van der Waals surface area (Å²) in [6, 6.07) is 14.6. The molecule has 0 saturated heterocycles. The Balaban J connectivity index is 0.00000261. The van der Waals surface area contributed by atoms with Crippen LogP contribution in [0.4, 0.5) is 11.4 Å². The molecule has 3 rings (SSSR count). The molecule has 0 aliphatic carbocycles. The van der Waals surface area contributed by atoms with Crippen molar-refractivity contribution in [1.82, 2.24) is 0 Å². The first kappa shape index (κ1) is 21.0. The Morgan fingerprint density at radius 3 is 2.30 bits per heavy atom. The molecule has 2 aromatic carbocycles. The van der Waals surface area contributed by atoms with Crippen LogP contribution in [0.5, 0.6) is 0 Å². The second-order valence-electron chi connectivity index (χ2n) is 6.28. The van der Waals surface area contributed by atoms with Crippen molar-refractivity contribution in [2.75, 3.05) is 23.4 Å². The molecule has 0 spiro atoms. The molecule has 2 aromatic rings. The molecule has 134 valence electrons. The molecule has 0 fully saturated rings. The van der Waals surface area contributed by atoms with Gasteiger partial charge < -0.3 is 9.80 Å². The van der Waals surface area contributed by atoms with Gasteiger partial charge in [0.15, 0.2) is 11.7 Å². The fraction of sp³-hybridized carbons (Fsp3) is 0.286. The minimum absolute atomic E-state index is 0. The quantitative estimate of drug-likeness (QED) is 0.575. The number of para-hydroxylation sites is 1. The molecule has 27 heavy (non-hydrogen) atoms. The zero-order valence-corrected chi connectivity index (χ0v) is 16.2. The zero-order chi connectivity index (χ0) is 18.8. The smallest absolute Gasteiger partial charge is 0.314 e. The summed E-state index contributed by atoms with van der Waals surface area (Å²) in [5, 5.41) is 0. The Morgan fingerprint density at radius 1 is 1.04 bits per heavy atom. The van der Waals surface area contributed by atoms with Crippen molar-refractivity contribution >= 4 is 29.0 Å². The van der Waals surface area contributed by atoms with Crippen LogP contribution in [0.1, 0.15) is 29.8 Å². The van der Waals surface area contributed by atoms with Crippen LogP contribution >= 0.6 is 0 Å². The topological polar surface area (TPSA) is 57.7 Å². The van der Waals surface area contributed by atoms with Gasteiger partial charge in [0.2, 0.25) is 11.8 Å². The number of rotatable bonds is 4. The summed E-state index contributed by atoms with van der Waals surface area (Å²) >= 11 is 0. The van der Waals surface area contributed by atoms with Crippen LogP contribution in [-0.2, 0) is 16.0 Å². The molecule has 0 aromatic heterocycles. The van der Waals surface area contributed by atoms with E-state index in [1.807, 2.05) is 44.2 Å². The number of fused-ring (bicyclic) bond motifs is 1. The van der Waals surface area contributed by atoms with Crippen LogP contribution in [-0.4, -0.2) is 31.2 Å². The summed E-state index contributed by atoms with van der Waals surface area (Å²) in [6.07, 6.45) is 0.661. The number of ketones is 1. The van der Waals surface area contributed by atoms with Crippen molar-refractivity contribution in [2.24, 2.45) is 5.92 Å². The molecule has 5 nitrogen and oxygen atoms in total. The van der Waals surface area contributed by atoms with Gasteiger partial charge in [-0.25, -0.2) is 0 Å². The average molecular weight is 357 g/mol. The number of anilines is 2. The van der Waals surface area contributed by atoms with Crippen LogP contribution in [0.15, 0.2) is 48.5 Å². The number of carbonyl (C=O) groups excluding carboxylic acids is 3. The van der Waals surface area contributed by atoms with Gasteiger partial charge in [-0.05, 0) is 37.1 Å². The molecule has 0 radical (unpaired) electrons. The van der Waals surface area contributed by atoms with Crippen molar-refractivity contribution in [3.05, 3.63) is 59.7 Å². The van der Waals surface area contributed by atoms with Crippen LogP contribution in [0.2, 0.25) is 0 Å². The van der Waals surface area contributed by atoms with Crippen molar-refractivity contribution in [2.45, 2.75) is 20.3 Å². The molecule has 0 N–H and O–H groups in total. The standard InChI is InChI=1S/C21H22N2O3.Li/c1-4-14-10-9-13-16-17(14)19(24)18(20(25)22(16)3)21(26)23(5-2)15-11-7-6-8-12-15;/h6-13,18H,4-5H2,1-3H3;/q;+1. The van der Waals surface area contributed by atoms with Gasteiger partial charge >= 0.3 is 18.9 Å². The van der Waals surface area contributed by atoms with E-state index in [4.69, 9.17) is 0 Å². The minimum atomic E-state index is -1.33. The number of hydrogen-bond donors (Lipinski definition) is 0. The predicted molar refractivity (Wildman–Crippen MR) is 102 cm³/mol. The Labute approximate surface area is 171 Å². The van der Waals surface area contributed by atoms with Crippen LogP contribution in [0.3, 0.4) is 0 Å². The van der Waals surface area contributed by atoms with Gasteiger partial charge in [-0.3, -0.25) is 14.4 Å². The van der Waals surface area contributed by atoms with Gasteiger partial charge in [0.1, 0.15) is 0 Å². The maximum atomic E-state index is 13.2. The number of benzene rings is 2. The van der Waals surface area contributed by atoms with Gasteiger partial charge in [0.25, 0.3) is 0 Å². The third kappa shape index (κ3) is 3.58. The Morgan fingerprint density at radius 2 is 1.70 bits per heavy atom. The first-order chi connectivity index (χ1) is 12.5. The summed E-state index contributed by atoms with van der Waals surface area (Å²) in [7, 11) is 1.62. The molecule has 1 atom stereocenters. The van der Waals surface area contributed by atoms with Gasteiger partial charge in [-0.15, -0.1) is 0 Å². The second-order valence-corrected chi connectivity index (χ2v) is 6.28. The van der Waals surface area contributed by atoms with Crippen LogP contribution in [0, 0.1) is 5.92 Å². The van der Waals surface area contributed by atoms with Crippen molar-refractivity contribution in [1.29, 1.82) is 0 Å². The van der Waals surface area contributed by atoms with Crippen molar-refractivity contribution < 1.29 is 33.2 Å². The number of hydrogen-bond acceptors (Lipinski definition) is 3. The molecule has 1 heterocycles. The molecular formula is C21H22LiN2O3+. The molecule has 1 aliphatic heterocycles. The SMILES string of the molecule is CCc1cccc2c1C(=O)C(C(=O)N(CC)c1ccccc1)C(=O)N2C.[Li+]. The van der Waals surface area contributed by atoms with E-state index in [0.29, 0.717) is 29.9 Å². The number of amides is 2. The number of aryl methyl sites for hydroxylation is 1. The monoisotopic (exact) mass is 357 g/mol. The van der Waals surface area contributed by atoms with Gasteiger partial charge in [0, 0.05) is 24.8 Å². The van der Waals surface area contributed by atoms with Gasteiger partial charge in [-0.1, -0.05) is 37.3 Å². The Kier molecular flexibility index (Phi) is 6.64. The Bertz CT molecular complexity index is 867. The fourth-order valence-corrected chi connectivity index (χ4v) is 3.46. The molecular weight excluding hydrogens is 335 g/mol. The maximum Gasteiger partial charge on any atom is 1.00 e. The average Bonchev–Trinajstić information content (AvgIpc) is 2.67. The molecule has 0 bridgehead atoms. The largest absolute Gasteiger partial charge is 1.00 e. The summed E-state index contributed by atoms with van der Waals surface area (Å²) in [5.41, 5.74) is 2.59. The maximum absolute atomic E-state index is 13.2. The predicted octanol–water partition coefficient (Wildman–Crippen LogP) is 0.0814. The zero-order valence-electron chi connectivity index (χ0n) is 16.2. The van der Waals surface area contributed by atoms with E-state index in [1.54, 1.807) is 25.2 Å². The minimum Gasteiger partial charge on any atom is -0.314 e. The van der Waals surface area contributed by atoms with Crippen molar-refractivity contribution in [3.63, 3.8) is 0 Å². The second kappa shape index (κ2) is 8.56. The Hall–Kier alpha value is -2.35. The summed E-state index contributed by atoms with van der Waals surface area (Å²) < 4.78 is 0. The number of carbonyl (C=O) groups is 3. The van der Waals surface area contributed by atoms with Gasteiger partial charge in [-0.2, -0.15) is 0 Å². The first-order valence-corrected chi connectivity index (χ1v) is 8.81. The van der Waals surface area contributed by atoms with Crippen molar-refractivity contribution in [3.8, 4) is 0 Å². The third-order valence-corrected chi connectivity index (χ3v) is 4.85. The molecule has 1 aliphatic rings. The van der Waals surface area contributed by atoms with Crippen LogP contribution < -0.4 is 28.7 Å². The molecule has 6 heteroatoms. The van der Waals surface area contributed by atoms with E-state index in [2.05, 4.69) is 0 Å². The third-order valence-electron chi connectivity index (χ3n) is 4.85. The molecule has 1 unspecified atom stereocenters. The van der Waals surface area contributed by atoms with Crippen LogP contribution in [0.25, 0.3) is 0 Å². The molecule has 2 amide bonds. The van der Waals surface area contributed by atoms with E-state index in [9.17, 15) is 14.4 Å². The molecule has 0 saturated carbocycles. The summed E-state index contributed by atoms with van der Waals surface area (Å²) in [5.74, 6) is -2.69. The summed E-state index contributed by atoms with van der Waals surface area (Å²) in [4.78, 5) is 42.1. The van der Waals surface area contributed by atoms with Gasteiger partial charge in [0.05, 0.1) is 5.69 Å². The van der Waals surface area contributed by atoms with E-state index in [-0.39, 0.29) is 18.9 Å². The normalized spacial score (nSPS) is 15.8.